The van der Waals surface area contributed by atoms with Crippen LogP contribution in [0.3, 0.4) is 0 Å². The Hall–Kier alpha value is -0.160. The number of hydrogen-bond acceptors (Lipinski definition) is 4. The van der Waals surface area contributed by atoms with E-state index in [-0.39, 0.29) is 6.61 Å². The number of nitrogens with one attached hydrogen (secondary N) is 2. The molecule has 0 fully saturated rings. The maximum Gasteiger partial charge on any atom is 0.107 e. The van der Waals surface area contributed by atoms with E-state index in [9.17, 15) is 0 Å². The lowest BCUT2D eigenvalue weighted by Gasteiger charge is -2.22. The van der Waals surface area contributed by atoms with Gasteiger partial charge < -0.3 is 10.4 Å². The maximum absolute atomic E-state index is 8.86. The van der Waals surface area contributed by atoms with Crippen LogP contribution in [0.25, 0.3) is 0 Å². The Morgan fingerprint density at radius 2 is 1.92 bits per heavy atom. The average molecular weight is 190 g/mol. The third-order valence-corrected chi connectivity index (χ3v) is 1.51. The second-order valence-electron chi connectivity index (χ2n) is 4.02. The van der Waals surface area contributed by atoms with Crippen molar-refractivity contribution < 1.29 is 9.94 Å². The first-order valence-electron chi connectivity index (χ1n) is 4.73. The Kier molecular flexibility index (Phi) is 6.24. The zero-order valence-corrected chi connectivity index (χ0v) is 9.05. The Bertz CT molecular complexity index is 127. The molecule has 0 atom stereocenters. The molecule has 0 saturated heterocycles. The monoisotopic (exact) mass is 190 g/mol. The van der Waals surface area contributed by atoms with Gasteiger partial charge in [-0.1, -0.05) is 13.8 Å². The first-order chi connectivity index (χ1) is 5.98. The summed E-state index contributed by atoms with van der Waals surface area (Å²) in [4.78, 5) is 5.22. The van der Waals surface area contributed by atoms with E-state index in [1.54, 1.807) is 0 Å². The van der Waals surface area contributed by atoms with Crippen molar-refractivity contribution in [3.63, 3.8) is 0 Å². The number of aliphatic hydroxyl groups is 1. The van der Waals surface area contributed by atoms with Gasteiger partial charge in [-0.15, -0.1) is 0 Å². The van der Waals surface area contributed by atoms with E-state index in [1.807, 2.05) is 13.8 Å². The molecule has 0 rings (SSSR count). The third kappa shape index (κ3) is 8.18. The highest BCUT2D eigenvalue weighted by atomic mass is 16.7. The summed E-state index contributed by atoms with van der Waals surface area (Å²) >= 11 is 0. The SMILES string of the molecule is CC(C)NCCNOC(C)(C)CO. The molecule has 0 aliphatic rings. The molecule has 0 aliphatic carbocycles. The standard InChI is InChI=1S/C9H22N2O2/c1-8(2)10-5-6-11-13-9(3,4)7-12/h8,10-12H,5-7H2,1-4H3. The van der Waals surface area contributed by atoms with E-state index >= 15 is 0 Å². The lowest BCUT2D eigenvalue weighted by Crippen LogP contribution is -2.39. The zero-order valence-electron chi connectivity index (χ0n) is 9.05. The molecule has 4 heteroatoms. The van der Waals surface area contributed by atoms with Crippen molar-refractivity contribution in [1.82, 2.24) is 10.8 Å². The van der Waals surface area contributed by atoms with E-state index in [0.29, 0.717) is 6.04 Å². The van der Waals surface area contributed by atoms with Crippen molar-refractivity contribution in [3.8, 4) is 0 Å². The highest BCUT2D eigenvalue weighted by Gasteiger charge is 2.16. The Labute approximate surface area is 80.6 Å². The van der Waals surface area contributed by atoms with Crippen LogP contribution in [0.1, 0.15) is 27.7 Å². The van der Waals surface area contributed by atoms with Crippen LogP contribution in [0.4, 0.5) is 0 Å². The molecule has 0 aromatic heterocycles. The van der Waals surface area contributed by atoms with Crippen molar-refractivity contribution in [3.05, 3.63) is 0 Å². The average Bonchev–Trinajstić information content (AvgIpc) is 2.03. The van der Waals surface area contributed by atoms with Gasteiger partial charge >= 0.3 is 0 Å². The third-order valence-electron chi connectivity index (χ3n) is 1.51. The van der Waals surface area contributed by atoms with Gasteiger partial charge in [0, 0.05) is 19.1 Å². The first kappa shape index (κ1) is 12.8. The summed E-state index contributed by atoms with van der Waals surface area (Å²) < 4.78 is 0. The summed E-state index contributed by atoms with van der Waals surface area (Å²) in [5.74, 6) is 0. The van der Waals surface area contributed by atoms with E-state index in [0.717, 1.165) is 13.1 Å². The smallest absolute Gasteiger partial charge is 0.107 e. The topological polar surface area (TPSA) is 53.5 Å². The summed E-state index contributed by atoms with van der Waals surface area (Å²) in [7, 11) is 0. The van der Waals surface area contributed by atoms with Crippen LogP contribution >= 0.6 is 0 Å². The van der Waals surface area contributed by atoms with Crippen molar-refractivity contribution in [2.45, 2.75) is 39.3 Å². The van der Waals surface area contributed by atoms with Crippen LogP contribution in [0.5, 0.6) is 0 Å². The second kappa shape index (κ2) is 6.32. The lowest BCUT2D eigenvalue weighted by atomic mass is 10.2. The van der Waals surface area contributed by atoms with Gasteiger partial charge in [-0.25, -0.2) is 5.48 Å². The molecule has 0 aromatic rings. The molecule has 0 radical (unpaired) electrons. The summed E-state index contributed by atoms with van der Waals surface area (Å²) in [6.45, 7) is 9.46. The predicted octanol–water partition coefficient (Wildman–Crippen LogP) is 0.276. The van der Waals surface area contributed by atoms with E-state index in [2.05, 4.69) is 24.6 Å². The highest BCUT2D eigenvalue weighted by Crippen LogP contribution is 2.03. The Morgan fingerprint density at radius 3 is 2.38 bits per heavy atom. The molecule has 80 valence electrons. The molecule has 4 nitrogen and oxygen atoms in total. The van der Waals surface area contributed by atoms with Crippen LogP contribution in [0.15, 0.2) is 0 Å². The minimum absolute atomic E-state index is 0.0115. The summed E-state index contributed by atoms with van der Waals surface area (Å²) in [6, 6.07) is 0.493. The largest absolute Gasteiger partial charge is 0.393 e. The van der Waals surface area contributed by atoms with Gasteiger partial charge in [-0.2, -0.15) is 0 Å². The number of hydrogen-bond donors (Lipinski definition) is 3. The molecular formula is C9H22N2O2. The molecule has 0 aromatic carbocycles. The van der Waals surface area contributed by atoms with Gasteiger partial charge in [0.25, 0.3) is 0 Å². The highest BCUT2D eigenvalue weighted by molar-refractivity contribution is 4.64. The van der Waals surface area contributed by atoms with Crippen LogP contribution < -0.4 is 10.8 Å². The van der Waals surface area contributed by atoms with Crippen LogP contribution in [0.2, 0.25) is 0 Å². The minimum atomic E-state index is -0.502. The fourth-order valence-corrected chi connectivity index (χ4v) is 0.691. The van der Waals surface area contributed by atoms with Crippen molar-refractivity contribution in [2.24, 2.45) is 0 Å². The Balaban J connectivity index is 3.26. The molecule has 0 heterocycles. The van der Waals surface area contributed by atoms with Gasteiger partial charge in [0.2, 0.25) is 0 Å². The van der Waals surface area contributed by atoms with E-state index in [1.165, 1.54) is 0 Å². The van der Waals surface area contributed by atoms with Gasteiger partial charge in [-0.3, -0.25) is 4.84 Å². The molecule has 0 spiro atoms. The fourth-order valence-electron chi connectivity index (χ4n) is 0.691. The van der Waals surface area contributed by atoms with Gasteiger partial charge in [0.05, 0.1) is 6.61 Å². The molecular weight excluding hydrogens is 168 g/mol. The number of hydroxylamine groups is 1. The lowest BCUT2D eigenvalue weighted by molar-refractivity contribution is -0.108. The number of aliphatic hydroxyl groups excluding tert-OH is 1. The maximum atomic E-state index is 8.86. The fraction of sp³-hybridized carbons (Fsp3) is 1.00. The van der Waals surface area contributed by atoms with E-state index < -0.39 is 5.60 Å². The zero-order chi connectivity index (χ0) is 10.3. The van der Waals surface area contributed by atoms with Crippen molar-refractivity contribution >= 4 is 0 Å². The molecule has 0 bridgehead atoms. The quantitative estimate of drug-likeness (QED) is 0.398. The van der Waals surface area contributed by atoms with Crippen molar-refractivity contribution in [1.29, 1.82) is 0 Å². The molecule has 3 N–H and O–H groups in total. The summed E-state index contributed by atoms with van der Waals surface area (Å²) in [5.41, 5.74) is 2.31. The molecule has 13 heavy (non-hydrogen) atoms. The van der Waals surface area contributed by atoms with Gasteiger partial charge in [0.15, 0.2) is 0 Å². The first-order valence-corrected chi connectivity index (χ1v) is 4.73. The van der Waals surface area contributed by atoms with Crippen LogP contribution in [-0.2, 0) is 4.84 Å². The number of rotatable bonds is 7. The predicted molar refractivity (Wildman–Crippen MR) is 53.4 cm³/mol. The van der Waals surface area contributed by atoms with Crippen LogP contribution in [-0.4, -0.2) is 36.4 Å². The van der Waals surface area contributed by atoms with E-state index in [4.69, 9.17) is 9.94 Å². The molecule has 0 amide bonds. The normalized spacial score (nSPS) is 12.5. The minimum Gasteiger partial charge on any atom is -0.393 e. The molecule has 0 unspecified atom stereocenters. The Morgan fingerprint density at radius 1 is 1.31 bits per heavy atom. The van der Waals surface area contributed by atoms with Crippen LogP contribution in [0, 0.1) is 0 Å². The van der Waals surface area contributed by atoms with Gasteiger partial charge in [-0.05, 0) is 13.8 Å². The molecule has 0 saturated carbocycles. The second-order valence-corrected chi connectivity index (χ2v) is 4.02. The summed E-state index contributed by atoms with van der Waals surface area (Å²) in [6.07, 6.45) is 0. The van der Waals surface area contributed by atoms with Gasteiger partial charge in [0.1, 0.15) is 5.60 Å². The van der Waals surface area contributed by atoms with Crippen molar-refractivity contribution in [2.75, 3.05) is 19.7 Å². The summed E-state index contributed by atoms with van der Waals surface area (Å²) in [5, 5.41) is 12.1. The molecule has 0 aliphatic heterocycles.